The first-order valence-electron chi connectivity index (χ1n) is 5.22. The van der Waals surface area contributed by atoms with Crippen molar-refractivity contribution in [3.05, 3.63) is 28.2 Å². The summed E-state index contributed by atoms with van der Waals surface area (Å²) < 4.78 is 26.9. The molecule has 0 saturated heterocycles. The third kappa shape index (κ3) is 2.98. The molecule has 1 aliphatic heterocycles. The van der Waals surface area contributed by atoms with Gasteiger partial charge in [0.1, 0.15) is 11.6 Å². The molecule has 0 spiro atoms. The Morgan fingerprint density at radius 1 is 1.47 bits per heavy atom. The minimum atomic E-state index is -0.499. The summed E-state index contributed by atoms with van der Waals surface area (Å²) in [6, 6.07) is 2.50. The number of halogens is 3. The Morgan fingerprint density at radius 3 is 2.88 bits per heavy atom. The number of aliphatic imine (C=N–C) groups is 1. The smallest absolute Gasteiger partial charge is 0.161 e. The Balaban J connectivity index is 2.17. The Hall–Kier alpha value is -0.620. The Kier molecular flexibility index (Phi) is 4.04. The van der Waals surface area contributed by atoms with Crippen molar-refractivity contribution >= 4 is 38.5 Å². The summed E-state index contributed by atoms with van der Waals surface area (Å²) in [6.07, 6.45) is 0.954. The number of hydrogen-bond acceptors (Lipinski definition) is 3. The number of hydrogen-bond donors (Lipinski definition) is 1. The number of nitrogens with one attached hydrogen (secondary N) is 1. The number of nitrogens with zero attached hydrogens (tertiary/aromatic N) is 1. The zero-order valence-corrected chi connectivity index (χ0v) is 11.5. The van der Waals surface area contributed by atoms with Gasteiger partial charge in [0.05, 0.1) is 16.2 Å². The van der Waals surface area contributed by atoms with Crippen molar-refractivity contribution in [1.82, 2.24) is 0 Å². The fourth-order valence-electron chi connectivity index (χ4n) is 1.43. The molecule has 1 aromatic carbocycles. The lowest BCUT2D eigenvalue weighted by atomic mass is 10.3. The van der Waals surface area contributed by atoms with E-state index >= 15 is 0 Å². The minimum Gasteiger partial charge on any atom is -0.332 e. The van der Waals surface area contributed by atoms with Gasteiger partial charge in [-0.2, -0.15) is 0 Å². The molecule has 1 heterocycles. The van der Waals surface area contributed by atoms with Crippen LogP contribution in [-0.2, 0) is 0 Å². The fourth-order valence-corrected chi connectivity index (χ4v) is 2.81. The topological polar surface area (TPSA) is 24.4 Å². The van der Waals surface area contributed by atoms with E-state index in [1.54, 1.807) is 0 Å². The molecule has 1 unspecified atom stereocenters. The van der Waals surface area contributed by atoms with Gasteiger partial charge in [-0.1, -0.05) is 18.7 Å². The van der Waals surface area contributed by atoms with E-state index in [0.717, 1.165) is 24.3 Å². The van der Waals surface area contributed by atoms with Crippen molar-refractivity contribution in [1.29, 1.82) is 0 Å². The normalized spacial score (nSPS) is 19.3. The summed E-state index contributed by atoms with van der Waals surface area (Å²) in [5.74, 6) is -0.106. The van der Waals surface area contributed by atoms with E-state index < -0.39 is 11.6 Å². The van der Waals surface area contributed by atoms with Crippen molar-refractivity contribution in [2.75, 3.05) is 11.1 Å². The second-order valence-electron chi connectivity index (χ2n) is 3.68. The fraction of sp³-hybridized carbons (Fsp3) is 0.364. The van der Waals surface area contributed by atoms with Crippen molar-refractivity contribution in [2.24, 2.45) is 4.99 Å². The maximum absolute atomic E-state index is 13.5. The summed E-state index contributed by atoms with van der Waals surface area (Å²) in [5.41, 5.74) is 0.119. The van der Waals surface area contributed by atoms with Crippen molar-refractivity contribution in [3.8, 4) is 0 Å². The lowest BCUT2D eigenvalue weighted by Gasteiger charge is -2.07. The van der Waals surface area contributed by atoms with Gasteiger partial charge in [0.15, 0.2) is 5.17 Å². The van der Waals surface area contributed by atoms with Crippen molar-refractivity contribution in [3.63, 3.8) is 0 Å². The molecular weight excluding hydrogens is 310 g/mol. The summed E-state index contributed by atoms with van der Waals surface area (Å²) in [5, 5.41) is 3.47. The van der Waals surface area contributed by atoms with Gasteiger partial charge in [-0.05, 0) is 28.4 Å². The summed E-state index contributed by atoms with van der Waals surface area (Å²) in [6.45, 7) is 2.05. The number of benzene rings is 1. The molecule has 0 aromatic heterocycles. The summed E-state index contributed by atoms with van der Waals surface area (Å²) >= 11 is 4.46. The Morgan fingerprint density at radius 2 is 2.24 bits per heavy atom. The Bertz CT molecular complexity index is 465. The van der Waals surface area contributed by atoms with E-state index in [2.05, 4.69) is 33.2 Å². The van der Waals surface area contributed by atoms with E-state index in [9.17, 15) is 8.78 Å². The average molecular weight is 321 g/mol. The van der Waals surface area contributed by atoms with Gasteiger partial charge >= 0.3 is 0 Å². The van der Waals surface area contributed by atoms with Crippen molar-refractivity contribution < 1.29 is 8.78 Å². The lowest BCUT2D eigenvalue weighted by molar-refractivity contribution is 0.598. The minimum absolute atomic E-state index is 0.119. The molecule has 2 rings (SSSR count). The van der Waals surface area contributed by atoms with Crippen LogP contribution < -0.4 is 5.32 Å². The van der Waals surface area contributed by atoms with E-state index in [-0.39, 0.29) is 16.2 Å². The van der Waals surface area contributed by atoms with Crippen LogP contribution in [0, 0.1) is 11.6 Å². The highest BCUT2D eigenvalue weighted by Gasteiger charge is 2.18. The Labute approximate surface area is 111 Å². The van der Waals surface area contributed by atoms with Gasteiger partial charge in [0, 0.05) is 11.8 Å². The number of anilines is 1. The molecule has 0 radical (unpaired) electrons. The molecule has 1 aromatic rings. The molecule has 2 nitrogen and oxygen atoms in total. The first kappa shape index (κ1) is 12.8. The monoisotopic (exact) mass is 320 g/mol. The first-order valence-corrected chi connectivity index (χ1v) is 7.00. The van der Waals surface area contributed by atoms with E-state index in [1.807, 2.05) is 0 Å². The number of thioether (sulfide) groups is 1. The zero-order valence-electron chi connectivity index (χ0n) is 9.14. The van der Waals surface area contributed by atoms with Gasteiger partial charge in [0.25, 0.3) is 0 Å². The van der Waals surface area contributed by atoms with E-state index in [1.165, 1.54) is 11.8 Å². The van der Waals surface area contributed by atoms with Gasteiger partial charge in [-0.3, -0.25) is 4.99 Å². The molecule has 0 amide bonds. The zero-order chi connectivity index (χ0) is 12.4. The third-order valence-corrected chi connectivity index (χ3v) is 4.08. The molecular formula is C11H11BrF2N2S. The molecule has 17 heavy (non-hydrogen) atoms. The van der Waals surface area contributed by atoms with E-state index in [4.69, 9.17) is 0 Å². The molecule has 1 atom stereocenters. The second-order valence-corrected chi connectivity index (χ2v) is 5.54. The highest BCUT2D eigenvalue weighted by molar-refractivity contribution is 9.10. The van der Waals surface area contributed by atoms with Crippen LogP contribution in [0.5, 0.6) is 0 Å². The molecule has 0 bridgehead atoms. The summed E-state index contributed by atoms with van der Waals surface area (Å²) in [7, 11) is 0. The molecule has 0 saturated carbocycles. The summed E-state index contributed by atoms with van der Waals surface area (Å²) in [4.78, 5) is 4.36. The predicted octanol–water partition coefficient (Wildman–Crippen LogP) is 4.02. The van der Waals surface area contributed by atoms with Gasteiger partial charge < -0.3 is 5.32 Å². The molecule has 6 heteroatoms. The maximum Gasteiger partial charge on any atom is 0.161 e. The average Bonchev–Trinajstić information content (AvgIpc) is 2.73. The van der Waals surface area contributed by atoms with Gasteiger partial charge in [-0.15, -0.1) is 0 Å². The van der Waals surface area contributed by atoms with Crippen LogP contribution in [0.2, 0.25) is 0 Å². The predicted molar refractivity (Wildman–Crippen MR) is 71.7 cm³/mol. The SMILES string of the molecule is CCC1CSC(Nc2cc(F)c(Br)cc2F)=N1. The number of rotatable bonds is 2. The van der Waals surface area contributed by atoms with Crippen LogP contribution in [-0.4, -0.2) is 17.0 Å². The van der Waals surface area contributed by atoms with Gasteiger partial charge in [0.2, 0.25) is 0 Å². The van der Waals surface area contributed by atoms with Crippen molar-refractivity contribution in [2.45, 2.75) is 19.4 Å². The second kappa shape index (κ2) is 5.35. The maximum atomic E-state index is 13.5. The van der Waals surface area contributed by atoms with E-state index in [0.29, 0.717) is 5.17 Å². The third-order valence-electron chi connectivity index (χ3n) is 2.44. The molecule has 1 N–H and O–H groups in total. The largest absolute Gasteiger partial charge is 0.332 e. The molecule has 0 aliphatic carbocycles. The highest BCUT2D eigenvalue weighted by atomic mass is 79.9. The molecule has 92 valence electrons. The van der Waals surface area contributed by atoms with Crippen LogP contribution >= 0.6 is 27.7 Å². The van der Waals surface area contributed by atoms with Crippen LogP contribution in [0.1, 0.15) is 13.3 Å². The highest BCUT2D eigenvalue weighted by Crippen LogP contribution is 2.26. The standard InChI is InChI=1S/C11H11BrF2N2S/c1-2-6-5-17-11(15-6)16-10-4-8(13)7(12)3-9(10)14/h3-4,6H,2,5H2,1H3,(H,15,16). The van der Waals surface area contributed by atoms with Crippen LogP contribution in [0.25, 0.3) is 0 Å². The van der Waals surface area contributed by atoms with Crippen LogP contribution in [0.4, 0.5) is 14.5 Å². The van der Waals surface area contributed by atoms with Gasteiger partial charge in [-0.25, -0.2) is 8.78 Å². The van der Waals surface area contributed by atoms with Crippen LogP contribution in [0.3, 0.4) is 0 Å². The quantitative estimate of drug-likeness (QED) is 0.832. The van der Waals surface area contributed by atoms with Crippen LogP contribution in [0.15, 0.2) is 21.6 Å². The lowest BCUT2D eigenvalue weighted by Crippen LogP contribution is -2.07. The molecule has 1 aliphatic rings. The first-order chi connectivity index (χ1) is 8.10. The number of amidine groups is 1. The molecule has 0 fully saturated rings.